The molecule has 1 fully saturated rings. The van der Waals surface area contributed by atoms with Gasteiger partial charge in [0, 0.05) is 54.9 Å². The lowest BCUT2D eigenvalue weighted by Gasteiger charge is -2.26. The van der Waals surface area contributed by atoms with Crippen molar-refractivity contribution in [1.29, 1.82) is 0 Å². The van der Waals surface area contributed by atoms with Crippen LogP contribution >= 0.6 is 0 Å². The van der Waals surface area contributed by atoms with Crippen LogP contribution in [0.1, 0.15) is 32.0 Å². The van der Waals surface area contributed by atoms with Gasteiger partial charge >= 0.3 is 6.18 Å². The summed E-state index contributed by atoms with van der Waals surface area (Å²) in [5, 5.41) is 9.62. The van der Waals surface area contributed by atoms with Crippen LogP contribution in [0, 0.1) is 17.5 Å². The van der Waals surface area contributed by atoms with Crippen LogP contribution in [-0.4, -0.2) is 64.2 Å². The van der Waals surface area contributed by atoms with Crippen molar-refractivity contribution in [2.24, 2.45) is 0 Å². The zero-order valence-corrected chi connectivity index (χ0v) is 25.0. The number of nitrogens with zero attached hydrogens (tertiary/aromatic N) is 5. The van der Waals surface area contributed by atoms with Gasteiger partial charge in [-0.15, -0.1) is 0 Å². The third kappa shape index (κ3) is 7.24. The van der Waals surface area contributed by atoms with Gasteiger partial charge in [0.15, 0.2) is 17.5 Å². The molecular weight excluding hydrogens is 649 g/mol. The van der Waals surface area contributed by atoms with Crippen molar-refractivity contribution in [2.45, 2.75) is 57.0 Å². The maximum absolute atomic E-state index is 15.4. The molecule has 248 valence electrons. The van der Waals surface area contributed by atoms with Crippen molar-refractivity contribution in [1.82, 2.24) is 29.6 Å². The zero-order chi connectivity index (χ0) is 33.6. The molecule has 5 rings (SSSR count). The summed E-state index contributed by atoms with van der Waals surface area (Å²) in [7, 11) is -4.70. The molecule has 0 spiro atoms. The van der Waals surface area contributed by atoms with E-state index in [-0.39, 0.29) is 41.7 Å². The van der Waals surface area contributed by atoms with Gasteiger partial charge in [0.1, 0.15) is 29.8 Å². The molecular formula is C27H27F7N8O3S. The van der Waals surface area contributed by atoms with Gasteiger partial charge in [0.05, 0.1) is 11.3 Å². The van der Waals surface area contributed by atoms with E-state index >= 15 is 13.2 Å². The van der Waals surface area contributed by atoms with Gasteiger partial charge in [0.2, 0.25) is 16.0 Å². The van der Waals surface area contributed by atoms with E-state index < -0.39 is 80.5 Å². The molecule has 2 atom stereocenters. The molecule has 0 bridgehead atoms. The number of piperidine rings is 1. The molecule has 0 saturated carbocycles. The monoisotopic (exact) mass is 676 g/mol. The second-order valence-corrected chi connectivity index (χ2v) is 12.7. The van der Waals surface area contributed by atoms with E-state index in [1.54, 1.807) is 18.6 Å². The minimum absolute atomic E-state index is 0.0991. The topological polar surface area (TPSA) is 136 Å². The average molecular weight is 677 g/mol. The highest BCUT2D eigenvalue weighted by Crippen LogP contribution is 2.32. The maximum Gasteiger partial charge on any atom is 0.408 e. The number of benzene rings is 1. The number of nitrogens with one attached hydrogen (secondary N) is 3. The molecule has 4 heterocycles. The van der Waals surface area contributed by atoms with Crippen molar-refractivity contribution >= 4 is 32.7 Å². The van der Waals surface area contributed by atoms with Crippen molar-refractivity contribution < 1.29 is 39.2 Å². The van der Waals surface area contributed by atoms with Crippen molar-refractivity contribution in [3.8, 4) is 11.1 Å². The van der Waals surface area contributed by atoms with Crippen LogP contribution in [0.5, 0.6) is 0 Å². The Morgan fingerprint density at radius 2 is 1.85 bits per heavy atom. The summed E-state index contributed by atoms with van der Waals surface area (Å²) in [5.74, 6) is -6.25. The smallest absolute Gasteiger partial charge is 0.350 e. The number of alkyl halides is 4. The molecule has 0 radical (unpaired) electrons. The molecule has 0 unspecified atom stereocenters. The fourth-order valence-corrected chi connectivity index (χ4v) is 6.18. The molecule has 1 aliphatic rings. The van der Waals surface area contributed by atoms with Crippen LogP contribution < -0.4 is 20.9 Å². The summed E-state index contributed by atoms with van der Waals surface area (Å²) in [4.78, 5) is 22.1. The Balaban J connectivity index is 1.46. The molecule has 0 amide bonds. The van der Waals surface area contributed by atoms with Crippen LogP contribution in [0.4, 0.5) is 42.4 Å². The minimum Gasteiger partial charge on any atom is -0.350 e. The van der Waals surface area contributed by atoms with Crippen LogP contribution in [0.15, 0.2) is 35.4 Å². The predicted octanol–water partition coefficient (Wildman–Crippen LogP) is 4.27. The zero-order valence-electron chi connectivity index (χ0n) is 24.2. The highest BCUT2D eigenvalue weighted by atomic mass is 32.2. The second-order valence-electron chi connectivity index (χ2n) is 11.0. The minimum atomic E-state index is -4.70. The Bertz CT molecular complexity index is 1950. The first-order valence-electron chi connectivity index (χ1n) is 13.8. The molecule has 1 aliphatic heterocycles. The van der Waals surface area contributed by atoms with Gasteiger partial charge < -0.3 is 10.6 Å². The quantitative estimate of drug-likeness (QED) is 0.177. The van der Waals surface area contributed by atoms with E-state index in [0.717, 1.165) is 18.3 Å². The van der Waals surface area contributed by atoms with Crippen LogP contribution in [0.2, 0.25) is 0 Å². The first kappa shape index (κ1) is 33.1. The SMILES string of the molecule is CC(C)n1c(=O)c(-c2cc(F)c(NS(=O)(=O)Cc3ccn(CC(F)(F)F)n3)c(F)c2F)cc2cnc(N[C@@H]3CNC[C@@H](F)C3)nc21. The van der Waals surface area contributed by atoms with Crippen molar-refractivity contribution in [3.63, 3.8) is 0 Å². The van der Waals surface area contributed by atoms with E-state index in [2.05, 4.69) is 25.7 Å². The number of hydrogen-bond acceptors (Lipinski definition) is 8. The molecule has 11 nitrogen and oxygen atoms in total. The highest BCUT2D eigenvalue weighted by Gasteiger charge is 2.30. The Labute approximate surface area is 256 Å². The summed E-state index contributed by atoms with van der Waals surface area (Å²) in [5.41, 5.74) is -3.80. The molecule has 3 N–H and O–H groups in total. The first-order valence-corrected chi connectivity index (χ1v) is 15.5. The van der Waals surface area contributed by atoms with Gasteiger partial charge in [-0.05, 0) is 32.0 Å². The van der Waals surface area contributed by atoms with Gasteiger partial charge in [-0.25, -0.2) is 31.0 Å². The Morgan fingerprint density at radius 1 is 1.11 bits per heavy atom. The number of hydrogen-bond donors (Lipinski definition) is 3. The lowest BCUT2D eigenvalue weighted by atomic mass is 10.0. The fraction of sp³-hybridized carbons (Fsp3) is 0.407. The number of rotatable bonds is 9. The molecule has 3 aromatic heterocycles. The molecule has 0 aliphatic carbocycles. The van der Waals surface area contributed by atoms with E-state index in [4.69, 9.17) is 0 Å². The summed E-state index contributed by atoms with van der Waals surface area (Å²) in [6.45, 7) is 2.43. The number of fused-ring (bicyclic) bond motifs is 1. The molecule has 19 heteroatoms. The van der Waals surface area contributed by atoms with E-state index in [1.165, 1.54) is 10.8 Å². The number of halogens is 7. The van der Waals surface area contributed by atoms with E-state index in [0.29, 0.717) is 17.3 Å². The largest absolute Gasteiger partial charge is 0.408 e. The summed E-state index contributed by atoms with van der Waals surface area (Å²) < 4.78 is 126. The Hall–Kier alpha value is -4.26. The summed E-state index contributed by atoms with van der Waals surface area (Å²) in [6.07, 6.45) is -3.31. The van der Waals surface area contributed by atoms with Crippen molar-refractivity contribution in [2.75, 3.05) is 23.1 Å². The first-order chi connectivity index (χ1) is 21.5. The number of sulfonamides is 1. The molecule has 1 aromatic carbocycles. The molecule has 46 heavy (non-hydrogen) atoms. The van der Waals surface area contributed by atoms with Gasteiger partial charge in [-0.2, -0.15) is 23.3 Å². The average Bonchev–Trinajstić information content (AvgIpc) is 3.36. The molecule has 1 saturated heterocycles. The predicted molar refractivity (Wildman–Crippen MR) is 154 cm³/mol. The standard InChI is InChI=1S/C27H27F7N8O3S/c1-13(2)42-24-14(8-36-26(38-24)37-17-6-15(28)9-35-10-17)5-19(25(42)43)18-7-20(29)23(22(31)21(18)30)40-46(44,45)11-16-3-4-41(39-16)12-27(32,33)34/h3-5,7-8,13,15,17,35,40H,6,9-12H2,1-2H3,(H,36,37,38)/t15-,17-/m0/s1. The van der Waals surface area contributed by atoms with Gasteiger partial charge in [-0.3, -0.25) is 18.8 Å². The summed E-state index contributed by atoms with van der Waals surface area (Å²) >= 11 is 0. The lowest BCUT2D eigenvalue weighted by molar-refractivity contribution is -0.142. The molecule has 4 aromatic rings. The van der Waals surface area contributed by atoms with Crippen LogP contribution in [0.25, 0.3) is 22.2 Å². The fourth-order valence-electron chi connectivity index (χ4n) is 5.07. The van der Waals surface area contributed by atoms with Gasteiger partial charge in [0.25, 0.3) is 5.56 Å². The summed E-state index contributed by atoms with van der Waals surface area (Å²) in [6, 6.07) is 1.64. The number of anilines is 2. The van der Waals surface area contributed by atoms with Crippen LogP contribution in [0.3, 0.4) is 0 Å². The number of pyridine rings is 1. The Kier molecular flexibility index (Phi) is 9.00. The maximum atomic E-state index is 15.4. The second kappa shape index (κ2) is 12.5. The Morgan fingerprint density at radius 3 is 2.52 bits per heavy atom. The van der Waals surface area contributed by atoms with E-state index in [9.17, 15) is 30.8 Å². The highest BCUT2D eigenvalue weighted by molar-refractivity contribution is 7.91. The van der Waals surface area contributed by atoms with E-state index in [1.807, 2.05) is 0 Å². The lowest BCUT2D eigenvalue weighted by Crippen LogP contribution is -2.44. The third-order valence-corrected chi connectivity index (χ3v) is 8.19. The normalized spacial score (nSPS) is 17.5. The van der Waals surface area contributed by atoms with Crippen molar-refractivity contribution in [3.05, 3.63) is 64.1 Å². The third-order valence-electron chi connectivity index (χ3n) is 7.00. The number of aromatic nitrogens is 5. The van der Waals surface area contributed by atoms with Gasteiger partial charge in [-0.1, -0.05) is 0 Å². The van der Waals surface area contributed by atoms with Crippen LogP contribution in [-0.2, 0) is 22.3 Å².